The van der Waals surface area contributed by atoms with Crippen LogP contribution in [0.25, 0.3) is 22.0 Å². The largest absolute Gasteiger partial charge is 0.488 e. The van der Waals surface area contributed by atoms with Crippen LogP contribution in [0, 0.1) is 11.3 Å². The summed E-state index contributed by atoms with van der Waals surface area (Å²) in [6.07, 6.45) is -9.70. The summed E-state index contributed by atoms with van der Waals surface area (Å²) in [7, 11) is 0. The molecular formula is C22H12F6N4O. The number of nitriles is 1. The van der Waals surface area contributed by atoms with E-state index in [1.165, 1.54) is 6.07 Å². The van der Waals surface area contributed by atoms with E-state index in [-0.39, 0.29) is 22.7 Å². The fraction of sp³-hybridized carbons (Fsp3) is 0.136. The molecule has 0 aliphatic heterocycles. The van der Waals surface area contributed by atoms with Gasteiger partial charge in [0.05, 0.1) is 16.7 Å². The summed E-state index contributed by atoms with van der Waals surface area (Å²) in [5, 5.41) is 20.6. The molecule has 0 saturated carbocycles. The third-order valence-electron chi connectivity index (χ3n) is 4.90. The van der Waals surface area contributed by atoms with E-state index in [9.17, 15) is 31.6 Å². The maximum absolute atomic E-state index is 13.4. The molecule has 33 heavy (non-hydrogen) atoms. The first kappa shape index (κ1) is 22.1. The monoisotopic (exact) mass is 462 g/mol. The van der Waals surface area contributed by atoms with E-state index in [1.807, 2.05) is 6.07 Å². The molecule has 0 aliphatic carbocycles. The van der Waals surface area contributed by atoms with Gasteiger partial charge in [-0.3, -0.25) is 0 Å². The lowest BCUT2D eigenvalue weighted by Crippen LogP contribution is -2.14. The standard InChI is InChI=1S/C22H12F6N4O/c23-21(24,25)14-6-7-16(22(26,27)28)13(9-14)11-33-18-8-5-12-3-1-2-4-15(12)19(18)20-17(10-29)30-32-31-20/h1-9H,11H2,(H,30,31,32). The number of hydrogen-bond donors (Lipinski definition) is 1. The third kappa shape index (κ3) is 4.32. The molecule has 5 nitrogen and oxygen atoms in total. The van der Waals surface area contributed by atoms with Crippen LogP contribution in [-0.2, 0) is 19.0 Å². The van der Waals surface area contributed by atoms with E-state index in [0.29, 0.717) is 23.6 Å². The van der Waals surface area contributed by atoms with Gasteiger partial charge in [-0.05, 0) is 35.0 Å². The third-order valence-corrected chi connectivity index (χ3v) is 4.90. The number of benzene rings is 3. The Hall–Kier alpha value is -4.07. The Balaban J connectivity index is 1.82. The minimum absolute atomic E-state index is 0.0321. The van der Waals surface area contributed by atoms with Crippen LogP contribution in [0.1, 0.15) is 22.4 Å². The number of hydrogen-bond acceptors (Lipinski definition) is 4. The van der Waals surface area contributed by atoms with Gasteiger partial charge in [0.2, 0.25) is 0 Å². The highest BCUT2D eigenvalue weighted by molar-refractivity contribution is 5.99. The smallest absolute Gasteiger partial charge is 0.416 e. The Kier molecular flexibility index (Phi) is 5.45. The zero-order chi connectivity index (χ0) is 23.8. The Morgan fingerprint density at radius 1 is 0.909 bits per heavy atom. The summed E-state index contributed by atoms with van der Waals surface area (Å²) in [5.41, 5.74) is -2.85. The van der Waals surface area contributed by atoms with Crippen LogP contribution in [0.3, 0.4) is 0 Å². The number of nitrogens with zero attached hydrogens (tertiary/aromatic N) is 3. The van der Waals surface area contributed by atoms with Gasteiger partial charge in [0.15, 0.2) is 5.69 Å². The van der Waals surface area contributed by atoms with Crippen LogP contribution in [0.15, 0.2) is 54.6 Å². The number of aromatic amines is 1. The number of fused-ring (bicyclic) bond motifs is 1. The van der Waals surface area contributed by atoms with Gasteiger partial charge in [-0.25, -0.2) is 0 Å². The number of H-pyrrole nitrogens is 1. The molecule has 0 atom stereocenters. The molecule has 0 bridgehead atoms. The van der Waals surface area contributed by atoms with Crippen LogP contribution < -0.4 is 4.74 Å². The van der Waals surface area contributed by atoms with Crippen molar-refractivity contribution in [1.82, 2.24) is 15.4 Å². The molecule has 3 aromatic carbocycles. The molecule has 0 fully saturated rings. The highest BCUT2D eigenvalue weighted by Crippen LogP contribution is 2.40. The van der Waals surface area contributed by atoms with Crippen molar-refractivity contribution in [1.29, 1.82) is 5.26 Å². The molecule has 11 heteroatoms. The zero-order valence-electron chi connectivity index (χ0n) is 16.4. The average molecular weight is 462 g/mol. The van der Waals surface area contributed by atoms with E-state index in [2.05, 4.69) is 15.4 Å². The second-order valence-corrected chi connectivity index (χ2v) is 6.95. The summed E-state index contributed by atoms with van der Waals surface area (Å²) in [5.74, 6) is 0.0321. The Labute approximate surface area is 182 Å². The molecule has 0 unspecified atom stereocenters. The molecule has 1 heterocycles. The lowest BCUT2D eigenvalue weighted by Gasteiger charge is -2.18. The molecule has 4 rings (SSSR count). The van der Waals surface area contributed by atoms with Crippen LogP contribution >= 0.6 is 0 Å². The van der Waals surface area contributed by atoms with Crippen molar-refractivity contribution in [2.45, 2.75) is 19.0 Å². The van der Waals surface area contributed by atoms with Gasteiger partial charge < -0.3 is 4.74 Å². The summed E-state index contributed by atoms with van der Waals surface area (Å²) in [6.45, 7) is -0.802. The van der Waals surface area contributed by atoms with E-state index in [1.54, 1.807) is 30.3 Å². The number of rotatable bonds is 4. The molecule has 4 aromatic rings. The number of halogens is 6. The van der Waals surface area contributed by atoms with Crippen LogP contribution in [0.2, 0.25) is 0 Å². The van der Waals surface area contributed by atoms with Crippen molar-refractivity contribution in [3.05, 3.63) is 77.0 Å². The lowest BCUT2D eigenvalue weighted by molar-refractivity contribution is -0.142. The Morgan fingerprint density at radius 3 is 2.36 bits per heavy atom. The van der Waals surface area contributed by atoms with E-state index in [4.69, 9.17) is 4.74 Å². The Bertz CT molecular complexity index is 1370. The van der Waals surface area contributed by atoms with Crippen molar-refractivity contribution >= 4 is 10.8 Å². The lowest BCUT2D eigenvalue weighted by atomic mass is 9.99. The van der Waals surface area contributed by atoms with Gasteiger partial charge in [0, 0.05) is 5.56 Å². The van der Waals surface area contributed by atoms with Crippen molar-refractivity contribution in [2.75, 3.05) is 0 Å². The van der Waals surface area contributed by atoms with E-state index >= 15 is 0 Å². The molecule has 0 aliphatic rings. The number of nitrogens with one attached hydrogen (secondary N) is 1. The average Bonchev–Trinajstić information content (AvgIpc) is 3.24. The maximum Gasteiger partial charge on any atom is 0.416 e. The molecular weight excluding hydrogens is 450 g/mol. The highest BCUT2D eigenvalue weighted by atomic mass is 19.4. The number of ether oxygens (including phenoxy) is 1. The second kappa shape index (κ2) is 8.12. The van der Waals surface area contributed by atoms with Crippen molar-refractivity contribution in [2.24, 2.45) is 0 Å². The molecule has 1 N–H and O–H groups in total. The van der Waals surface area contributed by atoms with Crippen molar-refractivity contribution in [3.63, 3.8) is 0 Å². The molecule has 0 spiro atoms. The number of alkyl halides is 6. The summed E-state index contributed by atoms with van der Waals surface area (Å²) < 4.78 is 85.1. The maximum atomic E-state index is 13.4. The first-order chi connectivity index (χ1) is 15.6. The van der Waals surface area contributed by atoms with Crippen LogP contribution in [0.4, 0.5) is 26.3 Å². The molecule has 0 radical (unpaired) electrons. The highest BCUT2D eigenvalue weighted by Gasteiger charge is 2.37. The van der Waals surface area contributed by atoms with Gasteiger partial charge in [-0.1, -0.05) is 30.3 Å². The first-order valence-corrected chi connectivity index (χ1v) is 9.32. The minimum atomic E-state index is -4.88. The second-order valence-electron chi connectivity index (χ2n) is 6.95. The fourth-order valence-corrected chi connectivity index (χ4v) is 3.42. The van der Waals surface area contributed by atoms with E-state index < -0.39 is 35.6 Å². The summed E-state index contributed by atoms with van der Waals surface area (Å²) >= 11 is 0. The van der Waals surface area contributed by atoms with Crippen molar-refractivity contribution in [3.8, 4) is 23.1 Å². The first-order valence-electron chi connectivity index (χ1n) is 9.32. The van der Waals surface area contributed by atoms with Gasteiger partial charge >= 0.3 is 12.4 Å². The molecule has 1 aromatic heterocycles. The topological polar surface area (TPSA) is 74.6 Å². The van der Waals surface area contributed by atoms with Gasteiger partial charge in [-0.15, -0.1) is 5.10 Å². The summed E-state index contributed by atoms with van der Waals surface area (Å²) in [4.78, 5) is 0. The van der Waals surface area contributed by atoms with E-state index in [0.717, 1.165) is 5.39 Å². The molecule has 168 valence electrons. The van der Waals surface area contributed by atoms with Crippen LogP contribution in [-0.4, -0.2) is 15.4 Å². The zero-order valence-corrected chi connectivity index (χ0v) is 16.4. The SMILES string of the molecule is N#Cc1n[nH]nc1-c1c(OCc2cc(C(F)(F)F)ccc2C(F)(F)F)ccc2ccccc12. The Morgan fingerprint density at radius 2 is 1.67 bits per heavy atom. The predicted octanol–water partition coefficient (Wildman–Crippen LogP) is 6.11. The molecule has 0 saturated heterocycles. The minimum Gasteiger partial charge on any atom is -0.488 e. The van der Waals surface area contributed by atoms with Gasteiger partial charge in [0.25, 0.3) is 0 Å². The van der Waals surface area contributed by atoms with Gasteiger partial charge in [-0.2, -0.15) is 41.9 Å². The summed E-state index contributed by atoms with van der Waals surface area (Å²) in [6, 6.07) is 13.1. The quantitative estimate of drug-likeness (QED) is 0.371. The molecule has 0 amide bonds. The van der Waals surface area contributed by atoms with Gasteiger partial charge in [0.1, 0.15) is 24.1 Å². The van der Waals surface area contributed by atoms with Crippen LogP contribution in [0.5, 0.6) is 5.75 Å². The fourth-order valence-electron chi connectivity index (χ4n) is 3.42. The number of aromatic nitrogens is 3. The predicted molar refractivity (Wildman–Crippen MR) is 105 cm³/mol. The van der Waals surface area contributed by atoms with Crippen molar-refractivity contribution < 1.29 is 31.1 Å². The normalized spacial score (nSPS) is 12.0.